The van der Waals surface area contributed by atoms with Gasteiger partial charge < -0.3 is 9.84 Å². The van der Waals surface area contributed by atoms with Gasteiger partial charge in [0.15, 0.2) is 10.2 Å². The highest BCUT2D eigenvalue weighted by Gasteiger charge is 2.16. The SMILES string of the molecule is Clc1ccc(-c2nc(CSc3nnc(NC4CCCCC4)s3)no2)cc1. The van der Waals surface area contributed by atoms with Crippen LogP contribution in [-0.4, -0.2) is 26.4 Å². The first kappa shape index (κ1) is 17.8. The Hall–Kier alpha value is -1.64. The van der Waals surface area contributed by atoms with Crippen LogP contribution in [0.15, 0.2) is 33.1 Å². The lowest BCUT2D eigenvalue weighted by Crippen LogP contribution is -2.21. The first-order valence-electron chi connectivity index (χ1n) is 8.57. The summed E-state index contributed by atoms with van der Waals surface area (Å²) in [5.74, 6) is 1.72. The molecule has 0 unspecified atom stereocenters. The van der Waals surface area contributed by atoms with E-state index >= 15 is 0 Å². The first-order chi connectivity index (χ1) is 12.8. The van der Waals surface area contributed by atoms with Crippen LogP contribution in [0.3, 0.4) is 0 Å². The zero-order valence-electron chi connectivity index (χ0n) is 14.0. The van der Waals surface area contributed by atoms with Crippen LogP contribution in [0.2, 0.25) is 5.02 Å². The third-order valence-corrected chi connectivity index (χ3v) is 6.46. The van der Waals surface area contributed by atoms with Crippen LogP contribution < -0.4 is 5.32 Å². The Kier molecular flexibility index (Phi) is 5.72. The summed E-state index contributed by atoms with van der Waals surface area (Å²) in [5, 5.41) is 17.6. The summed E-state index contributed by atoms with van der Waals surface area (Å²) in [7, 11) is 0. The van der Waals surface area contributed by atoms with Crippen LogP contribution in [0.4, 0.5) is 5.13 Å². The molecule has 6 nitrogen and oxygen atoms in total. The van der Waals surface area contributed by atoms with Crippen molar-refractivity contribution in [2.45, 2.75) is 48.2 Å². The molecule has 3 aromatic rings. The second kappa shape index (κ2) is 8.37. The second-order valence-electron chi connectivity index (χ2n) is 6.16. The maximum absolute atomic E-state index is 5.90. The summed E-state index contributed by atoms with van der Waals surface area (Å²) < 4.78 is 6.23. The normalized spacial score (nSPS) is 15.3. The molecule has 1 saturated carbocycles. The molecular weight excluding hydrogens is 390 g/mol. The number of nitrogens with one attached hydrogen (secondary N) is 1. The van der Waals surface area contributed by atoms with Crippen molar-refractivity contribution >= 4 is 39.8 Å². The van der Waals surface area contributed by atoms with Gasteiger partial charge in [-0.05, 0) is 37.1 Å². The maximum atomic E-state index is 5.90. The molecule has 1 aromatic carbocycles. The quantitative estimate of drug-likeness (QED) is 0.557. The number of anilines is 1. The predicted octanol–water partition coefficient (Wildman–Crippen LogP) is 5.28. The molecule has 1 aliphatic rings. The molecule has 0 spiro atoms. The Bertz CT molecular complexity index is 845. The van der Waals surface area contributed by atoms with Gasteiger partial charge in [-0.3, -0.25) is 0 Å². The van der Waals surface area contributed by atoms with Gasteiger partial charge in [0.05, 0.1) is 5.75 Å². The van der Waals surface area contributed by atoms with E-state index in [2.05, 4.69) is 25.7 Å². The summed E-state index contributed by atoms with van der Waals surface area (Å²) >= 11 is 9.04. The molecule has 4 rings (SSSR count). The van der Waals surface area contributed by atoms with Gasteiger partial charge in [0.2, 0.25) is 5.13 Å². The number of hydrogen-bond acceptors (Lipinski definition) is 8. The van der Waals surface area contributed by atoms with Crippen LogP contribution in [0.1, 0.15) is 37.9 Å². The molecule has 0 amide bonds. The van der Waals surface area contributed by atoms with E-state index in [1.165, 1.54) is 32.1 Å². The molecule has 1 N–H and O–H groups in total. The molecule has 1 fully saturated rings. The van der Waals surface area contributed by atoms with Crippen LogP contribution in [0.25, 0.3) is 11.5 Å². The number of hydrogen-bond donors (Lipinski definition) is 1. The van der Waals surface area contributed by atoms with Crippen molar-refractivity contribution in [3.05, 3.63) is 35.1 Å². The Morgan fingerprint density at radius 2 is 1.96 bits per heavy atom. The van der Waals surface area contributed by atoms with Crippen molar-refractivity contribution < 1.29 is 4.52 Å². The Morgan fingerprint density at radius 3 is 2.77 bits per heavy atom. The molecule has 26 heavy (non-hydrogen) atoms. The monoisotopic (exact) mass is 407 g/mol. The Balaban J connectivity index is 1.32. The van der Waals surface area contributed by atoms with Crippen molar-refractivity contribution in [1.29, 1.82) is 0 Å². The summed E-state index contributed by atoms with van der Waals surface area (Å²) in [5.41, 5.74) is 0.855. The van der Waals surface area contributed by atoms with E-state index in [1.54, 1.807) is 35.2 Å². The van der Waals surface area contributed by atoms with Crippen molar-refractivity contribution in [3.8, 4) is 11.5 Å². The molecule has 136 valence electrons. The van der Waals surface area contributed by atoms with Gasteiger partial charge in [0.1, 0.15) is 0 Å². The van der Waals surface area contributed by atoms with E-state index < -0.39 is 0 Å². The zero-order chi connectivity index (χ0) is 17.8. The molecule has 0 atom stereocenters. The van der Waals surface area contributed by atoms with E-state index in [-0.39, 0.29) is 0 Å². The fourth-order valence-electron chi connectivity index (χ4n) is 2.90. The molecule has 0 radical (unpaired) electrons. The minimum Gasteiger partial charge on any atom is -0.357 e. The number of aromatic nitrogens is 4. The van der Waals surface area contributed by atoms with Gasteiger partial charge in [-0.1, -0.05) is 59.1 Å². The fourth-order valence-corrected chi connectivity index (χ4v) is 4.69. The number of rotatable bonds is 6. The third kappa shape index (κ3) is 4.55. The Morgan fingerprint density at radius 1 is 1.15 bits per heavy atom. The average molecular weight is 408 g/mol. The highest BCUT2D eigenvalue weighted by atomic mass is 35.5. The van der Waals surface area contributed by atoms with Crippen molar-refractivity contribution in [2.24, 2.45) is 0 Å². The molecule has 0 saturated heterocycles. The summed E-state index contributed by atoms with van der Waals surface area (Å²) in [6, 6.07) is 7.87. The predicted molar refractivity (Wildman–Crippen MR) is 105 cm³/mol. The molecule has 1 aliphatic carbocycles. The summed E-state index contributed by atoms with van der Waals surface area (Å²) in [4.78, 5) is 4.42. The van der Waals surface area contributed by atoms with Crippen molar-refractivity contribution in [1.82, 2.24) is 20.3 Å². The average Bonchev–Trinajstić information content (AvgIpc) is 3.31. The molecule has 0 aliphatic heterocycles. The lowest BCUT2D eigenvalue weighted by Gasteiger charge is -2.21. The van der Waals surface area contributed by atoms with Gasteiger partial charge in [0.25, 0.3) is 5.89 Å². The van der Waals surface area contributed by atoms with Gasteiger partial charge in [-0.25, -0.2) is 0 Å². The molecule has 2 aromatic heterocycles. The van der Waals surface area contributed by atoms with E-state index in [9.17, 15) is 0 Å². The van der Waals surface area contributed by atoms with Crippen LogP contribution >= 0.6 is 34.7 Å². The van der Waals surface area contributed by atoms with E-state index in [1.807, 2.05) is 12.1 Å². The topological polar surface area (TPSA) is 76.7 Å². The molecule has 2 heterocycles. The highest BCUT2D eigenvalue weighted by molar-refractivity contribution is 8.00. The minimum absolute atomic E-state index is 0.495. The molecule has 9 heteroatoms. The van der Waals surface area contributed by atoms with Crippen molar-refractivity contribution in [3.63, 3.8) is 0 Å². The fraction of sp³-hybridized carbons (Fsp3) is 0.412. The number of nitrogens with zero attached hydrogens (tertiary/aromatic N) is 4. The smallest absolute Gasteiger partial charge is 0.257 e. The van der Waals surface area contributed by atoms with Gasteiger partial charge >= 0.3 is 0 Å². The highest BCUT2D eigenvalue weighted by Crippen LogP contribution is 2.30. The minimum atomic E-state index is 0.495. The van der Waals surface area contributed by atoms with Gasteiger partial charge in [-0.2, -0.15) is 4.98 Å². The van der Waals surface area contributed by atoms with E-state index in [0.717, 1.165) is 15.0 Å². The van der Waals surface area contributed by atoms with Gasteiger partial charge in [-0.15, -0.1) is 10.2 Å². The zero-order valence-corrected chi connectivity index (χ0v) is 16.4. The van der Waals surface area contributed by atoms with E-state index in [4.69, 9.17) is 16.1 Å². The lowest BCUT2D eigenvalue weighted by atomic mass is 9.96. The van der Waals surface area contributed by atoms with Crippen LogP contribution in [-0.2, 0) is 5.75 Å². The largest absolute Gasteiger partial charge is 0.357 e. The van der Waals surface area contributed by atoms with Crippen molar-refractivity contribution in [2.75, 3.05) is 5.32 Å². The lowest BCUT2D eigenvalue weighted by molar-refractivity contribution is 0.425. The van der Waals surface area contributed by atoms with Gasteiger partial charge in [0, 0.05) is 16.6 Å². The first-order valence-corrected chi connectivity index (χ1v) is 10.8. The van der Waals surface area contributed by atoms with E-state index in [0.29, 0.717) is 28.5 Å². The van der Waals surface area contributed by atoms with Crippen LogP contribution in [0, 0.1) is 0 Å². The molecule has 0 bridgehead atoms. The second-order valence-corrected chi connectivity index (χ2v) is 8.80. The number of benzene rings is 1. The summed E-state index contributed by atoms with van der Waals surface area (Å²) in [6.07, 6.45) is 6.38. The van der Waals surface area contributed by atoms with Crippen LogP contribution in [0.5, 0.6) is 0 Å². The maximum Gasteiger partial charge on any atom is 0.257 e. The number of halogens is 1. The Labute approximate surface area is 164 Å². The third-order valence-electron chi connectivity index (χ3n) is 4.22. The number of thioether (sulfide) groups is 1. The standard InChI is InChI=1S/C17H18ClN5OS2/c18-12-8-6-11(7-9-12)15-20-14(23-24-15)10-25-17-22-21-16(26-17)19-13-4-2-1-3-5-13/h6-9,13H,1-5,10H2,(H,19,21). The summed E-state index contributed by atoms with van der Waals surface area (Å²) in [6.45, 7) is 0. The molecular formula is C17H18ClN5OS2.